The van der Waals surface area contributed by atoms with Gasteiger partial charge >= 0.3 is 0 Å². The molecular weight excluding hydrogens is 248 g/mol. The van der Waals surface area contributed by atoms with Crippen LogP contribution in [0.15, 0.2) is 24.3 Å². The van der Waals surface area contributed by atoms with Crippen molar-refractivity contribution in [3.05, 3.63) is 47.0 Å². The summed E-state index contributed by atoms with van der Waals surface area (Å²) in [6, 6.07) is 8.74. The fraction of sp³-hybridized carbons (Fsp3) is 0.500. The van der Waals surface area contributed by atoms with Gasteiger partial charge in [0.05, 0.1) is 0 Å². The Labute approximate surface area is 120 Å². The van der Waals surface area contributed by atoms with Gasteiger partial charge in [0.25, 0.3) is 0 Å². The second kappa shape index (κ2) is 5.75. The average Bonchev–Trinajstić information content (AvgIpc) is 2.89. The van der Waals surface area contributed by atoms with Crippen LogP contribution in [-0.4, -0.2) is 21.3 Å². The van der Waals surface area contributed by atoms with E-state index < -0.39 is 0 Å². The van der Waals surface area contributed by atoms with Crippen molar-refractivity contribution in [2.45, 2.75) is 39.2 Å². The van der Waals surface area contributed by atoms with Crippen molar-refractivity contribution in [1.82, 2.24) is 14.8 Å². The van der Waals surface area contributed by atoms with Crippen LogP contribution in [0, 0.1) is 12.8 Å². The van der Waals surface area contributed by atoms with Gasteiger partial charge in [-0.05, 0) is 37.8 Å². The third-order valence-corrected chi connectivity index (χ3v) is 4.23. The molecule has 1 unspecified atom stereocenters. The molecule has 106 valence electrons. The SMILES string of the molecule is Cc1ccc(CCc2nnc3n2CCC(CN)C3)cc1. The van der Waals surface area contributed by atoms with Gasteiger partial charge in [-0.3, -0.25) is 0 Å². The first-order chi connectivity index (χ1) is 9.76. The van der Waals surface area contributed by atoms with Gasteiger partial charge in [0.2, 0.25) is 0 Å². The van der Waals surface area contributed by atoms with Crippen LogP contribution in [0.4, 0.5) is 0 Å². The molecule has 4 heteroatoms. The molecule has 2 heterocycles. The quantitative estimate of drug-likeness (QED) is 0.923. The molecule has 0 saturated heterocycles. The molecule has 0 aliphatic carbocycles. The maximum atomic E-state index is 5.76. The van der Waals surface area contributed by atoms with E-state index in [1.165, 1.54) is 11.1 Å². The van der Waals surface area contributed by atoms with Gasteiger partial charge in [-0.2, -0.15) is 0 Å². The van der Waals surface area contributed by atoms with Crippen molar-refractivity contribution in [3.8, 4) is 0 Å². The van der Waals surface area contributed by atoms with Crippen molar-refractivity contribution >= 4 is 0 Å². The summed E-state index contributed by atoms with van der Waals surface area (Å²) in [6.45, 7) is 3.89. The van der Waals surface area contributed by atoms with Crippen LogP contribution in [0.2, 0.25) is 0 Å². The Morgan fingerprint density at radius 3 is 2.75 bits per heavy atom. The Bertz CT molecular complexity index is 571. The molecule has 1 aliphatic rings. The van der Waals surface area contributed by atoms with Crippen LogP contribution in [0.1, 0.15) is 29.2 Å². The lowest BCUT2D eigenvalue weighted by Gasteiger charge is -2.22. The lowest BCUT2D eigenvalue weighted by atomic mass is 9.98. The standard InChI is InChI=1S/C16H22N4/c1-12-2-4-13(5-3-12)6-7-15-18-19-16-10-14(11-17)8-9-20(15)16/h2-5,14H,6-11,17H2,1H3. The molecule has 20 heavy (non-hydrogen) atoms. The predicted octanol–water partition coefficient (Wildman–Crippen LogP) is 1.89. The highest BCUT2D eigenvalue weighted by molar-refractivity contribution is 5.21. The summed E-state index contributed by atoms with van der Waals surface area (Å²) < 4.78 is 2.29. The monoisotopic (exact) mass is 270 g/mol. The van der Waals surface area contributed by atoms with E-state index in [-0.39, 0.29) is 0 Å². The molecular formula is C16H22N4. The van der Waals surface area contributed by atoms with Crippen LogP contribution < -0.4 is 5.73 Å². The largest absolute Gasteiger partial charge is 0.330 e. The van der Waals surface area contributed by atoms with Crippen molar-refractivity contribution < 1.29 is 0 Å². The second-order valence-electron chi connectivity index (χ2n) is 5.76. The minimum Gasteiger partial charge on any atom is -0.330 e. The number of aromatic nitrogens is 3. The Hall–Kier alpha value is -1.68. The number of nitrogens with two attached hydrogens (primary N) is 1. The summed E-state index contributed by atoms with van der Waals surface area (Å²) in [4.78, 5) is 0. The topological polar surface area (TPSA) is 56.7 Å². The molecule has 0 radical (unpaired) electrons. The van der Waals surface area contributed by atoms with Gasteiger partial charge in [-0.1, -0.05) is 29.8 Å². The zero-order valence-corrected chi connectivity index (χ0v) is 12.0. The lowest BCUT2D eigenvalue weighted by Crippen LogP contribution is -2.26. The third-order valence-electron chi connectivity index (χ3n) is 4.23. The van der Waals surface area contributed by atoms with E-state index in [4.69, 9.17) is 5.73 Å². The van der Waals surface area contributed by atoms with Gasteiger partial charge in [-0.15, -0.1) is 10.2 Å². The molecule has 0 spiro atoms. The van der Waals surface area contributed by atoms with Crippen LogP contribution in [0.5, 0.6) is 0 Å². The first kappa shape index (κ1) is 13.3. The van der Waals surface area contributed by atoms with E-state index in [1.54, 1.807) is 0 Å². The number of hydrogen-bond acceptors (Lipinski definition) is 3. The van der Waals surface area contributed by atoms with E-state index in [0.717, 1.165) is 50.4 Å². The summed E-state index contributed by atoms with van der Waals surface area (Å²) in [6.07, 6.45) is 4.12. The summed E-state index contributed by atoms with van der Waals surface area (Å²) >= 11 is 0. The van der Waals surface area contributed by atoms with E-state index >= 15 is 0 Å². The van der Waals surface area contributed by atoms with Gasteiger partial charge in [0.15, 0.2) is 0 Å². The molecule has 1 aliphatic heterocycles. The predicted molar refractivity (Wildman–Crippen MR) is 79.5 cm³/mol. The summed E-state index contributed by atoms with van der Waals surface area (Å²) in [5.41, 5.74) is 8.43. The second-order valence-corrected chi connectivity index (χ2v) is 5.76. The fourth-order valence-electron chi connectivity index (χ4n) is 2.85. The molecule has 2 aromatic rings. The number of nitrogens with zero attached hydrogens (tertiary/aromatic N) is 3. The molecule has 0 fully saturated rings. The normalized spacial score (nSPS) is 18.0. The van der Waals surface area contributed by atoms with Crippen molar-refractivity contribution in [2.75, 3.05) is 6.54 Å². The van der Waals surface area contributed by atoms with E-state index in [1.807, 2.05) is 0 Å². The molecule has 4 nitrogen and oxygen atoms in total. The number of aryl methyl sites for hydroxylation is 3. The van der Waals surface area contributed by atoms with E-state index in [9.17, 15) is 0 Å². The lowest BCUT2D eigenvalue weighted by molar-refractivity contribution is 0.384. The Morgan fingerprint density at radius 2 is 2.00 bits per heavy atom. The molecule has 0 saturated carbocycles. The molecule has 0 bridgehead atoms. The van der Waals surface area contributed by atoms with Crippen LogP contribution in [-0.2, 0) is 25.8 Å². The molecule has 0 amide bonds. The van der Waals surface area contributed by atoms with Crippen molar-refractivity contribution in [1.29, 1.82) is 0 Å². The van der Waals surface area contributed by atoms with Gasteiger partial charge in [-0.25, -0.2) is 0 Å². The zero-order valence-electron chi connectivity index (χ0n) is 12.0. The smallest absolute Gasteiger partial charge is 0.133 e. The van der Waals surface area contributed by atoms with Crippen LogP contribution in [0.25, 0.3) is 0 Å². The minimum absolute atomic E-state index is 0.580. The first-order valence-corrected chi connectivity index (χ1v) is 7.43. The maximum absolute atomic E-state index is 5.76. The van der Waals surface area contributed by atoms with Crippen LogP contribution in [0.3, 0.4) is 0 Å². The molecule has 1 aromatic carbocycles. The molecule has 1 atom stereocenters. The average molecular weight is 270 g/mol. The maximum Gasteiger partial charge on any atom is 0.133 e. The Morgan fingerprint density at radius 1 is 1.20 bits per heavy atom. The number of fused-ring (bicyclic) bond motifs is 1. The van der Waals surface area contributed by atoms with E-state index in [2.05, 4.69) is 46.0 Å². The third kappa shape index (κ3) is 2.75. The highest BCUT2D eigenvalue weighted by Gasteiger charge is 2.21. The number of hydrogen-bond donors (Lipinski definition) is 1. The van der Waals surface area contributed by atoms with Crippen molar-refractivity contribution in [3.63, 3.8) is 0 Å². The summed E-state index contributed by atoms with van der Waals surface area (Å²) in [5.74, 6) is 2.82. The van der Waals surface area contributed by atoms with E-state index in [0.29, 0.717) is 5.92 Å². The highest BCUT2D eigenvalue weighted by Crippen LogP contribution is 2.20. The number of rotatable bonds is 4. The van der Waals surface area contributed by atoms with Crippen LogP contribution >= 0.6 is 0 Å². The number of benzene rings is 1. The summed E-state index contributed by atoms with van der Waals surface area (Å²) in [7, 11) is 0. The Balaban J connectivity index is 1.67. The highest BCUT2D eigenvalue weighted by atomic mass is 15.3. The molecule has 2 N–H and O–H groups in total. The zero-order chi connectivity index (χ0) is 13.9. The summed E-state index contributed by atoms with van der Waals surface area (Å²) in [5, 5.41) is 8.71. The van der Waals surface area contributed by atoms with Gasteiger partial charge in [0.1, 0.15) is 11.6 Å². The molecule has 3 rings (SSSR count). The molecule has 1 aromatic heterocycles. The Kier molecular flexibility index (Phi) is 3.83. The van der Waals surface area contributed by atoms with Crippen molar-refractivity contribution in [2.24, 2.45) is 11.7 Å². The van der Waals surface area contributed by atoms with Gasteiger partial charge < -0.3 is 10.3 Å². The minimum atomic E-state index is 0.580. The fourth-order valence-corrected chi connectivity index (χ4v) is 2.85. The first-order valence-electron chi connectivity index (χ1n) is 7.43. The van der Waals surface area contributed by atoms with Gasteiger partial charge in [0, 0.05) is 19.4 Å².